The lowest BCUT2D eigenvalue weighted by atomic mass is 10.2. The van der Waals surface area contributed by atoms with Crippen molar-refractivity contribution in [1.82, 2.24) is 14.7 Å². The maximum absolute atomic E-state index is 13.9. The Morgan fingerprint density at radius 1 is 1.12 bits per heavy atom. The fraction of sp³-hybridized carbons (Fsp3) is 0.389. The van der Waals surface area contributed by atoms with E-state index in [1.165, 1.54) is 22.9 Å². The lowest BCUT2D eigenvalue weighted by Crippen LogP contribution is -2.49. The molecule has 3 rings (SSSR count). The highest BCUT2D eigenvalue weighted by Crippen LogP contribution is 2.20. The summed E-state index contributed by atoms with van der Waals surface area (Å²) in [4.78, 5) is 28.0. The molecular formula is C18H21FN4O2. The number of rotatable bonds is 4. The minimum atomic E-state index is -0.254. The highest BCUT2D eigenvalue weighted by Gasteiger charge is 2.24. The van der Waals surface area contributed by atoms with Crippen LogP contribution in [0.5, 0.6) is 0 Å². The van der Waals surface area contributed by atoms with E-state index in [-0.39, 0.29) is 23.0 Å². The zero-order chi connectivity index (χ0) is 17.8. The number of carbonyl (C=O) groups is 1. The zero-order valence-electron chi connectivity index (χ0n) is 14.2. The largest absolute Gasteiger partial charge is 0.366 e. The van der Waals surface area contributed by atoms with Crippen LogP contribution in [0, 0.1) is 5.82 Å². The smallest absolute Gasteiger partial charge is 0.274 e. The zero-order valence-corrected chi connectivity index (χ0v) is 14.2. The van der Waals surface area contributed by atoms with Gasteiger partial charge in [-0.3, -0.25) is 9.59 Å². The number of halogens is 1. The number of hydrogen-bond acceptors (Lipinski definition) is 4. The second kappa shape index (κ2) is 7.46. The van der Waals surface area contributed by atoms with E-state index in [0.29, 0.717) is 38.4 Å². The summed E-state index contributed by atoms with van der Waals surface area (Å²) < 4.78 is 15.2. The topological polar surface area (TPSA) is 58.4 Å². The number of amides is 1. The van der Waals surface area contributed by atoms with Gasteiger partial charge < -0.3 is 9.80 Å². The molecule has 0 atom stereocenters. The molecule has 25 heavy (non-hydrogen) atoms. The lowest BCUT2D eigenvalue weighted by Gasteiger charge is -2.36. The Balaban J connectivity index is 1.69. The third kappa shape index (κ3) is 3.70. The molecule has 0 unspecified atom stereocenters. The number of nitrogens with zero attached hydrogens (tertiary/aromatic N) is 4. The highest BCUT2D eigenvalue weighted by molar-refractivity contribution is 5.92. The summed E-state index contributed by atoms with van der Waals surface area (Å²) >= 11 is 0. The summed E-state index contributed by atoms with van der Waals surface area (Å²) in [7, 11) is 0. The van der Waals surface area contributed by atoms with E-state index >= 15 is 0 Å². The SMILES string of the molecule is CCCn1nc(C(=O)N2CCN(c3ccccc3F)CC2)ccc1=O. The molecule has 1 aliphatic rings. The van der Waals surface area contributed by atoms with Gasteiger partial charge in [0.25, 0.3) is 11.5 Å². The van der Waals surface area contributed by atoms with Gasteiger partial charge in [-0.05, 0) is 24.6 Å². The standard InChI is InChI=1S/C18H21FN4O2/c1-2-9-23-17(24)8-7-15(20-23)18(25)22-12-10-21(11-13-22)16-6-4-3-5-14(16)19/h3-8H,2,9-13H2,1H3. The molecule has 0 radical (unpaired) electrons. The van der Waals surface area contributed by atoms with Gasteiger partial charge in [-0.2, -0.15) is 5.10 Å². The highest BCUT2D eigenvalue weighted by atomic mass is 19.1. The molecule has 7 heteroatoms. The number of aromatic nitrogens is 2. The Bertz CT molecular complexity index is 813. The molecule has 1 saturated heterocycles. The molecule has 132 valence electrons. The van der Waals surface area contributed by atoms with Crippen molar-refractivity contribution in [2.45, 2.75) is 19.9 Å². The summed E-state index contributed by atoms with van der Waals surface area (Å²) in [5.41, 5.74) is 0.624. The number of piperazine rings is 1. The monoisotopic (exact) mass is 344 g/mol. The van der Waals surface area contributed by atoms with Crippen LogP contribution in [0.25, 0.3) is 0 Å². The second-order valence-corrected chi connectivity index (χ2v) is 6.01. The molecule has 2 aromatic rings. The predicted molar refractivity (Wildman–Crippen MR) is 93.3 cm³/mol. The molecule has 1 aromatic heterocycles. The van der Waals surface area contributed by atoms with E-state index in [2.05, 4.69) is 5.10 Å². The Labute approximate surface area is 145 Å². The first kappa shape index (κ1) is 17.1. The van der Waals surface area contributed by atoms with Crippen LogP contribution >= 0.6 is 0 Å². The van der Waals surface area contributed by atoms with Crippen LogP contribution in [-0.4, -0.2) is 46.8 Å². The van der Waals surface area contributed by atoms with Crippen molar-refractivity contribution in [2.75, 3.05) is 31.1 Å². The Kier molecular flexibility index (Phi) is 5.11. The van der Waals surface area contributed by atoms with Crippen molar-refractivity contribution >= 4 is 11.6 Å². The van der Waals surface area contributed by atoms with Gasteiger partial charge in [-0.15, -0.1) is 0 Å². The molecule has 0 saturated carbocycles. The number of para-hydroxylation sites is 1. The Hall–Kier alpha value is -2.70. The molecule has 0 spiro atoms. The summed E-state index contributed by atoms with van der Waals surface area (Å²) in [5.74, 6) is -0.450. The molecule has 0 bridgehead atoms. The predicted octanol–water partition coefficient (Wildman–Crippen LogP) is 1.75. The van der Waals surface area contributed by atoms with Crippen molar-refractivity contribution in [1.29, 1.82) is 0 Å². The van der Waals surface area contributed by atoms with E-state index in [1.54, 1.807) is 23.1 Å². The van der Waals surface area contributed by atoms with Crippen LogP contribution in [0.1, 0.15) is 23.8 Å². The maximum Gasteiger partial charge on any atom is 0.274 e. The average molecular weight is 344 g/mol. The van der Waals surface area contributed by atoms with Gasteiger partial charge in [0.15, 0.2) is 0 Å². The Morgan fingerprint density at radius 3 is 2.52 bits per heavy atom. The molecule has 1 aliphatic heterocycles. The van der Waals surface area contributed by atoms with Crippen LogP contribution in [0.4, 0.5) is 10.1 Å². The van der Waals surface area contributed by atoms with Crippen LogP contribution in [0.15, 0.2) is 41.2 Å². The van der Waals surface area contributed by atoms with E-state index in [4.69, 9.17) is 0 Å². The molecule has 0 aliphatic carbocycles. The first-order chi connectivity index (χ1) is 12.1. The molecule has 1 aromatic carbocycles. The fourth-order valence-electron chi connectivity index (χ4n) is 2.96. The molecule has 1 fully saturated rings. The van der Waals surface area contributed by atoms with Crippen LogP contribution < -0.4 is 10.5 Å². The van der Waals surface area contributed by atoms with E-state index in [0.717, 1.165) is 6.42 Å². The van der Waals surface area contributed by atoms with Gasteiger partial charge in [0, 0.05) is 38.8 Å². The molecule has 2 heterocycles. The third-order valence-corrected chi connectivity index (χ3v) is 4.28. The van der Waals surface area contributed by atoms with Gasteiger partial charge in [-0.25, -0.2) is 9.07 Å². The third-order valence-electron chi connectivity index (χ3n) is 4.28. The van der Waals surface area contributed by atoms with Crippen molar-refractivity contribution < 1.29 is 9.18 Å². The van der Waals surface area contributed by atoms with E-state index in [1.807, 2.05) is 11.8 Å². The molecular weight excluding hydrogens is 323 g/mol. The summed E-state index contributed by atoms with van der Waals surface area (Å²) in [5, 5.41) is 4.17. The number of anilines is 1. The first-order valence-electron chi connectivity index (χ1n) is 8.47. The molecule has 0 N–H and O–H groups in total. The number of hydrogen-bond donors (Lipinski definition) is 0. The number of benzene rings is 1. The normalized spacial score (nSPS) is 14.6. The van der Waals surface area contributed by atoms with Gasteiger partial charge in [0.1, 0.15) is 11.5 Å². The summed E-state index contributed by atoms with van der Waals surface area (Å²) in [6.45, 7) is 4.53. The minimum Gasteiger partial charge on any atom is -0.366 e. The van der Waals surface area contributed by atoms with E-state index in [9.17, 15) is 14.0 Å². The van der Waals surface area contributed by atoms with Crippen LogP contribution in [0.3, 0.4) is 0 Å². The van der Waals surface area contributed by atoms with Crippen molar-refractivity contribution in [3.8, 4) is 0 Å². The number of aryl methyl sites for hydroxylation is 1. The van der Waals surface area contributed by atoms with Gasteiger partial charge in [0.05, 0.1) is 5.69 Å². The summed E-state index contributed by atoms with van der Waals surface area (Å²) in [6.07, 6.45) is 0.770. The molecule has 1 amide bonds. The van der Waals surface area contributed by atoms with Crippen molar-refractivity contribution in [3.63, 3.8) is 0 Å². The number of carbonyl (C=O) groups excluding carboxylic acids is 1. The quantitative estimate of drug-likeness (QED) is 0.848. The van der Waals surface area contributed by atoms with Gasteiger partial charge in [0.2, 0.25) is 0 Å². The van der Waals surface area contributed by atoms with E-state index < -0.39 is 0 Å². The Morgan fingerprint density at radius 2 is 1.84 bits per heavy atom. The van der Waals surface area contributed by atoms with Crippen LogP contribution in [-0.2, 0) is 6.54 Å². The average Bonchev–Trinajstić information content (AvgIpc) is 2.64. The minimum absolute atomic E-state index is 0.196. The second-order valence-electron chi connectivity index (χ2n) is 6.01. The van der Waals surface area contributed by atoms with Gasteiger partial charge >= 0.3 is 0 Å². The lowest BCUT2D eigenvalue weighted by molar-refractivity contribution is 0.0737. The van der Waals surface area contributed by atoms with Crippen molar-refractivity contribution in [3.05, 3.63) is 58.3 Å². The first-order valence-corrected chi connectivity index (χ1v) is 8.47. The fourth-order valence-corrected chi connectivity index (χ4v) is 2.96. The van der Waals surface area contributed by atoms with Crippen molar-refractivity contribution in [2.24, 2.45) is 0 Å². The molecule has 6 nitrogen and oxygen atoms in total. The summed E-state index contributed by atoms with van der Waals surface area (Å²) in [6, 6.07) is 9.50. The van der Waals surface area contributed by atoms with Gasteiger partial charge in [-0.1, -0.05) is 19.1 Å². The van der Waals surface area contributed by atoms with Crippen LogP contribution in [0.2, 0.25) is 0 Å². The maximum atomic E-state index is 13.9.